The van der Waals surface area contributed by atoms with E-state index in [9.17, 15) is 4.79 Å². The van der Waals surface area contributed by atoms with E-state index in [0.29, 0.717) is 22.8 Å². The largest absolute Gasteiger partial charge is 0.496 e. The van der Waals surface area contributed by atoms with Crippen LogP contribution in [0.4, 0.5) is 0 Å². The summed E-state index contributed by atoms with van der Waals surface area (Å²) in [5, 5.41) is 0. The van der Waals surface area contributed by atoms with Gasteiger partial charge in [-0.15, -0.1) is 11.8 Å². The average molecular weight is 290 g/mol. The number of aryl methyl sites for hydroxylation is 2. The van der Waals surface area contributed by atoms with Gasteiger partial charge < -0.3 is 9.15 Å². The normalized spacial score (nSPS) is 10.6. The number of rotatable bonds is 6. The van der Waals surface area contributed by atoms with Crippen LogP contribution in [0, 0.1) is 13.8 Å². The number of ketones is 1. The molecule has 0 aliphatic carbocycles. The van der Waals surface area contributed by atoms with Crippen molar-refractivity contribution in [3.05, 3.63) is 53.0 Å². The first-order valence-corrected chi connectivity index (χ1v) is 7.56. The van der Waals surface area contributed by atoms with Crippen LogP contribution >= 0.6 is 11.8 Å². The van der Waals surface area contributed by atoms with Gasteiger partial charge in [-0.05, 0) is 49.2 Å². The monoisotopic (exact) mass is 290 g/mol. The summed E-state index contributed by atoms with van der Waals surface area (Å²) in [6.45, 7) is 4.01. The number of carbonyl (C=O) groups excluding carboxylic acids is 1. The number of hydrogen-bond acceptors (Lipinski definition) is 4. The van der Waals surface area contributed by atoms with Crippen LogP contribution in [0.25, 0.3) is 0 Å². The van der Waals surface area contributed by atoms with Crippen molar-refractivity contribution in [1.82, 2.24) is 0 Å². The number of thioether (sulfide) groups is 1. The first-order chi connectivity index (χ1) is 9.61. The fourth-order valence-corrected chi connectivity index (χ4v) is 2.70. The molecule has 0 atom stereocenters. The van der Waals surface area contributed by atoms with Gasteiger partial charge in [-0.2, -0.15) is 0 Å². The number of ether oxygens (including phenoxy) is 1. The summed E-state index contributed by atoms with van der Waals surface area (Å²) in [5.74, 6) is 2.74. The lowest BCUT2D eigenvalue weighted by Gasteiger charge is -2.10. The molecule has 2 aromatic rings. The van der Waals surface area contributed by atoms with Crippen LogP contribution in [0.1, 0.15) is 27.2 Å². The summed E-state index contributed by atoms with van der Waals surface area (Å²) in [6.07, 6.45) is 1.64. The van der Waals surface area contributed by atoms with Gasteiger partial charge in [0.25, 0.3) is 0 Å². The van der Waals surface area contributed by atoms with Gasteiger partial charge in [-0.1, -0.05) is 0 Å². The minimum atomic E-state index is 0.0847. The van der Waals surface area contributed by atoms with Crippen molar-refractivity contribution < 1.29 is 13.9 Å². The molecule has 3 nitrogen and oxygen atoms in total. The van der Waals surface area contributed by atoms with Gasteiger partial charge in [0.2, 0.25) is 0 Å². The summed E-state index contributed by atoms with van der Waals surface area (Å²) in [5.41, 5.74) is 2.88. The lowest BCUT2D eigenvalue weighted by atomic mass is 10.0. The lowest BCUT2D eigenvalue weighted by molar-refractivity contribution is 0.101. The molecule has 0 saturated heterocycles. The second kappa shape index (κ2) is 6.66. The van der Waals surface area contributed by atoms with E-state index in [1.54, 1.807) is 25.1 Å². The second-order valence-electron chi connectivity index (χ2n) is 4.63. The van der Waals surface area contributed by atoms with Crippen LogP contribution in [0.15, 0.2) is 34.9 Å². The first kappa shape index (κ1) is 14.7. The lowest BCUT2D eigenvalue weighted by Crippen LogP contribution is -2.06. The molecule has 1 aromatic heterocycles. The Morgan fingerprint density at radius 1 is 1.30 bits per heavy atom. The van der Waals surface area contributed by atoms with Gasteiger partial charge in [0.15, 0.2) is 5.78 Å². The summed E-state index contributed by atoms with van der Waals surface area (Å²) in [6, 6.07) is 7.59. The smallest absolute Gasteiger partial charge is 0.176 e. The topological polar surface area (TPSA) is 39.4 Å². The van der Waals surface area contributed by atoms with Gasteiger partial charge in [0, 0.05) is 0 Å². The molecule has 0 aliphatic heterocycles. The van der Waals surface area contributed by atoms with E-state index in [2.05, 4.69) is 0 Å². The predicted molar refractivity (Wildman–Crippen MR) is 81.7 cm³/mol. The minimum Gasteiger partial charge on any atom is -0.496 e. The van der Waals surface area contributed by atoms with Crippen molar-refractivity contribution in [3.63, 3.8) is 0 Å². The van der Waals surface area contributed by atoms with E-state index in [1.807, 2.05) is 38.1 Å². The number of methoxy groups -OCH3 is 1. The fourth-order valence-electron chi connectivity index (χ4n) is 1.89. The molecule has 0 amide bonds. The van der Waals surface area contributed by atoms with Crippen LogP contribution in [0.5, 0.6) is 5.75 Å². The minimum absolute atomic E-state index is 0.0847. The van der Waals surface area contributed by atoms with Crippen molar-refractivity contribution in [2.45, 2.75) is 19.6 Å². The Labute approximate surface area is 123 Å². The molecule has 0 fully saturated rings. The molecule has 0 aliphatic rings. The molecule has 4 heteroatoms. The molecule has 1 heterocycles. The zero-order chi connectivity index (χ0) is 14.5. The average Bonchev–Trinajstić information content (AvgIpc) is 2.94. The van der Waals surface area contributed by atoms with Crippen LogP contribution in [0.3, 0.4) is 0 Å². The van der Waals surface area contributed by atoms with E-state index in [-0.39, 0.29) is 5.78 Å². The number of Topliss-reactive ketones (excluding diaryl/α,β-unsaturated/α-hetero) is 1. The van der Waals surface area contributed by atoms with Crippen molar-refractivity contribution in [3.8, 4) is 5.75 Å². The molecule has 0 unspecified atom stereocenters. The van der Waals surface area contributed by atoms with E-state index < -0.39 is 0 Å². The van der Waals surface area contributed by atoms with E-state index in [1.165, 1.54) is 0 Å². The predicted octanol–water partition coefficient (Wildman–Crippen LogP) is 4.02. The maximum absolute atomic E-state index is 12.3. The molecular formula is C16H18O3S. The highest BCUT2D eigenvalue weighted by Crippen LogP contribution is 2.25. The molecule has 0 bridgehead atoms. The van der Waals surface area contributed by atoms with Crippen LogP contribution < -0.4 is 4.74 Å². The Bertz CT molecular complexity index is 588. The molecule has 0 N–H and O–H groups in total. The summed E-state index contributed by atoms with van der Waals surface area (Å²) >= 11 is 1.54. The molecule has 1 aromatic carbocycles. The summed E-state index contributed by atoms with van der Waals surface area (Å²) < 4.78 is 10.5. The summed E-state index contributed by atoms with van der Waals surface area (Å²) in [7, 11) is 1.59. The van der Waals surface area contributed by atoms with Gasteiger partial charge in [-0.3, -0.25) is 4.79 Å². The Kier molecular flexibility index (Phi) is 4.90. The Balaban J connectivity index is 2.03. The molecular weight excluding hydrogens is 272 g/mol. The van der Waals surface area contributed by atoms with Crippen molar-refractivity contribution in [1.29, 1.82) is 0 Å². The fraction of sp³-hybridized carbons (Fsp3) is 0.312. The Hall–Kier alpha value is -1.68. The van der Waals surface area contributed by atoms with Gasteiger partial charge in [-0.25, -0.2) is 0 Å². The molecule has 0 saturated carbocycles. The van der Waals surface area contributed by atoms with E-state index in [0.717, 1.165) is 16.9 Å². The third kappa shape index (κ3) is 3.45. The third-order valence-corrected chi connectivity index (χ3v) is 4.13. The number of hydrogen-bond donors (Lipinski definition) is 0. The van der Waals surface area contributed by atoms with Gasteiger partial charge in [0.05, 0.1) is 30.4 Å². The zero-order valence-electron chi connectivity index (χ0n) is 11.9. The highest BCUT2D eigenvalue weighted by atomic mass is 32.2. The molecule has 0 radical (unpaired) electrons. The highest BCUT2D eigenvalue weighted by molar-refractivity contribution is 7.99. The molecule has 2 rings (SSSR count). The molecule has 20 heavy (non-hydrogen) atoms. The Morgan fingerprint density at radius 2 is 2.05 bits per heavy atom. The highest BCUT2D eigenvalue weighted by Gasteiger charge is 2.14. The SMILES string of the molecule is COc1cc(C)c(C)cc1C(=O)CSCc1ccco1. The Morgan fingerprint density at radius 3 is 2.70 bits per heavy atom. The second-order valence-corrected chi connectivity index (χ2v) is 5.62. The van der Waals surface area contributed by atoms with E-state index in [4.69, 9.17) is 9.15 Å². The molecule has 106 valence electrons. The van der Waals surface area contributed by atoms with Gasteiger partial charge >= 0.3 is 0 Å². The van der Waals surface area contributed by atoms with Crippen molar-refractivity contribution in [2.75, 3.05) is 12.9 Å². The van der Waals surface area contributed by atoms with E-state index >= 15 is 0 Å². The van der Waals surface area contributed by atoms with Crippen LogP contribution in [-0.4, -0.2) is 18.6 Å². The van der Waals surface area contributed by atoms with Crippen LogP contribution in [0.2, 0.25) is 0 Å². The number of carbonyl (C=O) groups is 1. The zero-order valence-corrected chi connectivity index (χ0v) is 12.8. The maximum Gasteiger partial charge on any atom is 0.176 e. The van der Waals surface area contributed by atoms with Gasteiger partial charge in [0.1, 0.15) is 11.5 Å². The van der Waals surface area contributed by atoms with Crippen LogP contribution in [-0.2, 0) is 5.75 Å². The first-order valence-electron chi connectivity index (χ1n) is 6.40. The molecule has 0 spiro atoms. The maximum atomic E-state index is 12.3. The van der Waals surface area contributed by atoms with Crippen molar-refractivity contribution in [2.24, 2.45) is 0 Å². The number of furan rings is 1. The quantitative estimate of drug-likeness (QED) is 0.753. The standard InChI is InChI=1S/C16H18O3S/c1-11-7-14(16(18-3)8-12(11)2)15(17)10-20-9-13-5-4-6-19-13/h4-8H,9-10H2,1-3H3. The summed E-state index contributed by atoms with van der Waals surface area (Å²) in [4.78, 5) is 12.3. The third-order valence-electron chi connectivity index (χ3n) is 3.17. The van der Waals surface area contributed by atoms with Crippen molar-refractivity contribution >= 4 is 17.5 Å². The number of benzene rings is 1.